The SMILES string of the molecule is CC(C)Oc1ccc(-c2nc(-c3cccc4c3CCCC4NSC3CC3)no2)cc1C#N. The van der Waals surface area contributed by atoms with Crippen molar-refractivity contribution in [1.82, 2.24) is 14.9 Å². The van der Waals surface area contributed by atoms with E-state index >= 15 is 0 Å². The molecule has 0 radical (unpaired) electrons. The van der Waals surface area contributed by atoms with E-state index < -0.39 is 0 Å². The molecule has 1 aromatic heterocycles. The molecule has 0 saturated heterocycles. The third-order valence-electron chi connectivity index (χ3n) is 5.79. The molecule has 1 atom stereocenters. The zero-order valence-corrected chi connectivity index (χ0v) is 19.1. The van der Waals surface area contributed by atoms with Gasteiger partial charge >= 0.3 is 0 Å². The smallest absolute Gasteiger partial charge is 0.258 e. The van der Waals surface area contributed by atoms with Crippen LogP contribution in [-0.2, 0) is 6.42 Å². The molecule has 7 heteroatoms. The van der Waals surface area contributed by atoms with Gasteiger partial charge in [0.15, 0.2) is 0 Å². The summed E-state index contributed by atoms with van der Waals surface area (Å²) in [4.78, 5) is 4.68. The third-order valence-corrected chi connectivity index (χ3v) is 7.01. The van der Waals surface area contributed by atoms with E-state index in [-0.39, 0.29) is 6.10 Å². The van der Waals surface area contributed by atoms with Crippen molar-refractivity contribution in [2.24, 2.45) is 0 Å². The average Bonchev–Trinajstić information content (AvgIpc) is 3.51. The standard InChI is InChI=1S/C25H26N4O2S/c1-15(2)30-23-12-9-16(13-17(23)14-26)25-27-24(28-31-25)21-7-3-6-20-19(21)5-4-8-22(20)29-32-18-10-11-18/h3,6-7,9,12-13,15,18,22,29H,4-5,8,10-11H2,1-2H3. The van der Waals surface area contributed by atoms with Gasteiger partial charge in [0.25, 0.3) is 5.89 Å². The van der Waals surface area contributed by atoms with E-state index in [4.69, 9.17) is 9.26 Å². The van der Waals surface area contributed by atoms with E-state index in [1.807, 2.05) is 31.9 Å². The van der Waals surface area contributed by atoms with Crippen LogP contribution in [0.2, 0.25) is 0 Å². The Balaban J connectivity index is 1.43. The summed E-state index contributed by atoms with van der Waals surface area (Å²) in [6, 6.07) is 14.3. The molecule has 3 aromatic rings. The number of fused-ring (bicyclic) bond motifs is 1. The highest BCUT2D eigenvalue weighted by Crippen LogP contribution is 2.39. The number of nitrogens with zero attached hydrogens (tertiary/aromatic N) is 3. The van der Waals surface area contributed by atoms with Gasteiger partial charge in [-0.25, -0.2) is 0 Å². The summed E-state index contributed by atoms with van der Waals surface area (Å²) in [5, 5.41) is 14.6. The molecule has 1 fully saturated rings. The van der Waals surface area contributed by atoms with Crippen molar-refractivity contribution in [2.75, 3.05) is 0 Å². The Labute approximate surface area is 192 Å². The summed E-state index contributed by atoms with van der Waals surface area (Å²) in [7, 11) is 0. The maximum Gasteiger partial charge on any atom is 0.258 e. The summed E-state index contributed by atoms with van der Waals surface area (Å²) in [5.74, 6) is 1.55. The Bertz CT molecular complexity index is 1160. The fourth-order valence-corrected chi connectivity index (χ4v) is 5.08. The summed E-state index contributed by atoms with van der Waals surface area (Å²) in [6.07, 6.45) is 5.94. The van der Waals surface area contributed by atoms with Crippen LogP contribution in [0.3, 0.4) is 0 Å². The Morgan fingerprint density at radius 1 is 1.22 bits per heavy atom. The highest BCUT2D eigenvalue weighted by Gasteiger charge is 2.28. The molecule has 1 saturated carbocycles. The highest BCUT2D eigenvalue weighted by atomic mass is 32.2. The summed E-state index contributed by atoms with van der Waals surface area (Å²) >= 11 is 1.89. The van der Waals surface area contributed by atoms with Gasteiger partial charge < -0.3 is 9.26 Å². The molecule has 1 heterocycles. The summed E-state index contributed by atoms with van der Waals surface area (Å²) in [5.41, 5.74) is 4.84. The van der Waals surface area contributed by atoms with Gasteiger partial charge in [-0.3, -0.25) is 4.72 Å². The molecule has 2 aromatic carbocycles. The van der Waals surface area contributed by atoms with Crippen LogP contribution < -0.4 is 9.46 Å². The quantitative estimate of drug-likeness (QED) is 0.456. The normalized spacial score (nSPS) is 17.8. The zero-order chi connectivity index (χ0) is 22.1. The molecule has 2 aliphatic carbocycles. The Morgan fingerprint density at radius 2 is 2.09 bits per heavy atom. The molecular formula is C25H26N4O2S. The van der Waals surface area contributed by atoms with Crippen LogP contribution in [0.5, 0.6) is 5.75 Å². The number of rotatable bonds is 7. The van der Waals surface area contributed by atoms with Gasteiger partial charge in [-0.1, -0.05) is 35.3 Å². The minimum atomic E-state index is -0.00629. The molecule has 0 bridgehead atoms. The highest BCUT2D eigenvalue weighted by molar-refractivity contribution is 7.98. The fraction of sp³-hybridized carbons (Fsp3) is 0.400. The van der Waals surface area contributed by atoms with Gasteiger partial charge in [0.1, 0.15) is 11.8 Å². The predicted molar refractivity (Wildman–Crippen MR) is 125 cm³/mol. The minimum Gasteiger partial charge on any atom is -0.490 e. The first kappa shape index (κ1) is 21.0. The lowest BCUT2D eigenvalue weighted by Crippen LogP contribution is -2.21. The number of nitriles is 1. The predicted octanol–water partition coefficient (Wildman–Crippen LogP) is 5.84. The van der Waals surface area contributed by atoms with Gasteiger partial charge in [-0.05, 0) is 75.3 Å². The molecule has 1 N–H and O–H groups in total. The van der Waals surface area contributed by atoms with Crippen molar-refractivity contribution >= 4 is 11.9 Å². The fourth-order valence-electron chi connectivity index (χ4n) is 4.10. The number of ether oxygens (including phenoxy) is 1. The molecular weight excluding hydrogens is 420 g/mol. The third kappa shape index (κ3) is 4.38. The lowest BCUT2D eigenvalue weighted by atomic mass is 9.85. The Kier molecular flexibility index (Phi) is 5.90. The monoisotopic (exact) mass is 446 g/mol. The van der Waals surface area contributed by atoms with Gasteiger partial charge in [0.2, 0.25) is 5.82 Å². The van der Waals surface area contributed by atoms with E-state index in [1.165, 1.54) is 24.0 Å². The molecule has 32 heavy (non-hydrogen) atoms. The van der Waals surface area contributed by atoms with E-state index in [0.29, 0.717) is 34.6 Å². The van der Waals surface area contributed by atoms with Crippen LogP contribution in [0.25, 0.3) is 22.8 Å². The summed E-state index contributed by atoms with van der Waals surface area (Å²) in [6.45, 7) is 3.87. The van der Waals surface area contributed by atoms with E-state index in [9.17, 15) is 5.26 Å². The molecule has 164 valence electrons. The first-order chi connectivity index (χ1) is 15.6. The Hall–Kier alpha value is -2.82. The maximum atomic E-state index is 9.52. The maximum absolute atomic E-state index is 9.52. The Morgan fingerprint density at radius 3 is 2.88 bits per heavy atom. The van der Waals surface area contributed by atoms with Crippen molar-refractivity contribution in [3.8, 4) is 34.7 Å². The molecule has 0 amide bonds. The van der Waals surface area contributed by atoms with Gasteiger partial charge in [-0.2, -0.15) is 10.2 Å². The number of hydrogen-bond acceptors (Lipinski definition) is 7. The number of benzene rings is 2. The summed E-state index contributed by atoms with van der Waals surface area (Å²) < 4.78 is 15.0. The molecule has 0 spiro atoms. The number of hydrogen-bond donors (Lipinski definition) is 1. The average molecular weight is 447 g/mol. The lowest BCUT2D eigenvalue weighted by molar-refractivity contribution is 0.241. The molecule has 2 aliphatic rings. The number of aromatic nitrogens is 2. The van der Waals surface area contributed by atoms with Crippen LogP contribution in [0.15, 0.2) is 40.9 Å². The van der Waals surface area contributed by atoms with E-state index in [1.54, 1.807) is 12.1 Å². The first-order valence-corrected chi connectivity index (χ1v) is 12.1. The van der Waals surface area contributed by atoms with Crippen molar-refractivity contribution in [1.29, 1.82) is 5.26 Å². The van der Waals surface area contributed by atoms with Crippen LogP contribution >= 0.6 is 11.9 Å². The van der Waals surface area contributed by atoms with Crippen LogP contribution in [0, 0.1) is 11.3 Å². The van der Waals surface area contributed by atoms with Crippen molar-refractivity contribution in [2.45, 2.75) is 63.3 Å². The molecule has 1 unspecified atom stereocenters. The molecule has 5 rings (SSSR count). The van der Waals surface area contributed by atoms with Gasteiger partial charge in [0, 0.05) is 22.4 Å². The van der Waals surface area contributed by atoms with E-state index in [2.05, 4.69) is 39.1 Å². The second-order valence-electron chi connectivity index (χ2n) is 8.67. The topological polar surface area (TPSA) is 84.0 Å². The van der Waals surface area contributed by atoms with Gasteiger partial charge in [0.05, 0.1) is 11.7 Å². The van der Waals surface area contributed by atoms with Crippen molar-refractivity contribution in [3.63, 3.8) is 0 Å². The van der Waals surface area contributed by atoms with Crippen molar-refractivity contribution < 1.29 is 9.26 Å². The van der Waals surface area contributed by atoms with E-state index in [0.717, 1.165) is 30.1 Å². The molecule has 6 nitrogen and oxygen atoms in total. The minimum absolute atomic E-state index is 0.00629. The van der Waals surface area contributed by atoms with Crippen LogP contribution in [-0.4, -0.2) is 21.5 Å². The van der Waals surface area contributed by atoms with Crippen LogP contribution in [0.1, 0.15) is 62.3 Å². The van der Waals surface area contributed by atoms with Crippen molar-refractivity contribution in [3.05, 3.63) is 53.1 Å². The van der Waals surface area contributed by atoms with Gasteiger partial charge in [-0.15, -0.1) is 0 Å². The zero-order valence-electron chi connectivity index (χ0n) is 18.3. The second-order valence-corrected chi connectivity index (χ2v) is 9.80. The number of nitrogens with one attached hydrogen (secondary N) is 1. The molecule has 0 aliphatic heterocycles. The first-order valence-electron chi connectivity index (χ1n) is 11.2. The second kappa shape index (κ2) is 8.97. The largest absolute Gasteiger partial charge is 0.490 e. The van der Waals surface area contributed by atoms with Crippen LogP contribution in [0.4, 0.5) is 0 Å². The lowest BCUT2D eigenvalue weighted by Gasteiger charge is -2.27.